The third kappa shape index (κ3) is 12.9. The smallest absolute Gasteiger partial charge is 0.331 e. The number of carbonyl (C=O) groups excluding carboxylic acids is 2. The van der Waals surface area contributed by atoms with Crippen LogP contribution in [-0.2, 0) is 42.7 Å². The predicted molar refractivity (Wildman–Crippen MR) is 233 cm³/mol. The van der Waals surface area contributed by atoms with E-state index in [0.29, 0.717) is 6.42 Å². The average Bonchev–Trinajstić information content (AvgIpc) is 3.23. The van der Waals surface area contributed by atoms with Crippen LogP contribution >= 0.6 is 0 Å². The Balaban J connectivity index is 1.50. The van der Waals surface area contributed by atoms with Crippen molar-refractivity contribution in [3.8, 4) is 0 Å². The zero-order valence-electron chi connectivity index (χ0n) is 39.4. The molecule has 0 saturated carbocycles. The molecule has 3 fully saturated rings. The number of hydrogen-bond donors (Lipinski definition) is 6. The van der Waals surface area contributed by atoms with Gasteiger partial charge in [-0.25, -0.2) is 9.59 Å². The summed E-state index contributed by atoms with van der Waals surface area (Å²) in [4.78, 5) is 26.7. The maximum Gasteiger partial charge on any atom is 0.331 e. The van der Waals surface area contributed by atoms with Gasteiger partial charge in [0.1, 0.15) is 18.3 Å². The van der Waals surface area contributed by atoms with Gasteiger partial charge in [-0.2, -0.15) is 0 Å². The van der Waals surface area contributed by atoms with Crippen LogP contribution in [0.3, 0.4) is 0 Å². The lowest BCUT2D eigenvalue weighted by molar-refractivity contribution is -0.344. The van der Waals surface area contributed by atoms with Crippen LogP contribution in [0.25, 0.3) is 0 Å². The van der Waals surface area contributed by atoms with E-state index in [1.54, 1.807) is 66.0 Å². The zero-order chi connectivity index (χ0) is 47.1. The summed E-state index contributed by atoms with van der Waals surface area (Å²) in [5, 5.41) is 67.9. The first kappa shape index (κ1) is 53.1. The highest BCUT2D eigenvalue weighted by Gasteiger charge is 2.53. The van der Waals surface area contributed by atoms with Gasteiger partial charge in [-0.3, -0.25) is 0 Å². The van der Waals surface area contributed by atoms with Crippen LogP contribution < -0.4 is 0 Å². The highest BCUT2D eigenvalue weighted by Crippen LogP contribution is 2.44. The summed E-state index contributed by atoms with van der Waals surface area (Å²) in [6.07, 6.45) is 3.78. The number of aliphatic hydroxyl groups excluding tert-OH is 4. The molecular formula is C48H78O15. The number of carbonyl (C=O) groups is 2. The molecule has 4 aliphatic heterocycles. The van der Waals surface area contributed by atoms with Gasteiger partial charge in [-0.1, -0.05) is 91.8 Å². The molecule has 0 amide bonds. The number of esters is 2. The second-order valence-corrected chi connectivity index (χ2v) is 19.0. The van der Waals surface area contributed by atoms with Crippen molar-refractivity contribution in [3.05, 3.63) is 48.6 Å². The molecule has 0 spiro atoms. The van der Waals surface area contributed by atoms with Crippen molar-refractivity contribution in [2.45, 2.75) is 187 Å². The molecular weight excluding hydrogens is 817 g/mol. The fourth-order valence-corrected chi connectivity index (χ4v) is 9.92. The lowest BCUT2D eigenvalue weighted by Gasteiger charge is -2.50. The molecule has 360 valence electrons. The number of aliphatic hydroxyl groups is 6. The number of rotatable bonds is 12. The first-order valence-electron chi connectivity index (χ1n) is 23.0. The fourth-order valence-electron chi connectivity index (χ4n) is 9.92. The molecule has 0 aromatic heterocycles. The first-order valence-corrected chi connectivity index (χ1v) is 23.0. The Morgan fingerprint density at radius 2 is 1.17 bits per heavy atom. The lowest BCUT2D eigenvalue weighted by atomic mass is 9.76. The number of cyclic esters (lactones) is 2. The summed E-state index contributed by atoms with van der Waals surface area (Å²) in [5.74, 6) is -8.97. The number of ether oxygens (including phenoxy) is 7. The predicted octanol–water partition coefficient (Wildman–Crippen LogP) is 4.50. The van der Waals surface area contributed by atoms with Crippen LogP contribution in [-0.4, -0.2) is 135 Å². The van der Waals surface area contributed by atoms with Crippen LogP contribution in [0.4, 0.5) is 0 Å². The summed E-state index contributed by atoms with van der Waals surface area (Å²) in [5.41, 5.74) is 0. The molecule has 3 saturated heterocycles. The van der Waals surface area contributed by atoms with Gasteiger partial charge in [-0.05, 0) is 27.2 Å². The number of methoxy groups -OCH3 is 1. The van der Waals surface area contributed by atoms with Crippen molar-refractivity contribution in [2.24, 2.45) is 47.3 Å². The third-order valence-corrected chi connectivity index (χ3v) is 14.6. The van der Waals surface area contributed by atoms with Crippen LogP contribution in [0.15, 0.2) is 48.6 Å². The van der Waals surface area contributed by atoms with E-state index in [1.165, 1.54) is 24.3 Å². The first-order chi connectivity index (χ1) is 29.5. The Labute approximate surface area is 374 Å². The Hall–Kier alpha value is -2.54. The molecule has 4 rings (SSSR count). The molecule has 6 N–H and O–H groups in total. The highest BCUT2D eigenvalue weighted by molar-refractivity contribution is 5.83. The van der Waals surface area contributed by atoms with Gasteiger partial charge in [0.25, 0.3) is 0 Å². The Bertz CT molecular complexity index is 1590. The van der Waals surface area contributed by atoms with Gasteiger partial charge in [-0.15, -0.1) is 0 Å². The quantitative estimate of drug-likeness (QED) is 0.149. The average molecular weight is 895 g/mol. The molecule has 0 aromatic carbocycles. The summed E-state index contributed by atoms with van der Waals surface area (Å²) in [6.45, 7) is 19.8. The van der Waals surface area contributed by atoms with Crippen LogP contribution in [0.2, 0.25) is 0 Å². The van der Waals surface area contributed by atoms with Crippen molar-refractivity contribution >= 4 is 11.9 Å². The molecule has 4 aliphatic rings. The van der Waals surface area contributed by atoms with Crippen molar-refractivity contribution in [2.75, 3.05) is 7.11 Å². The summed E-state index contributed by atoms with van der Waals surface area (Å²) in [7, 11) is 1.59. The third-order valence-electron chi connectivity index (χ3n) is 14.6. The SMILES string of the molecule is CCC1C(C)OC(O)(C(C)C(O)C(C)C2OC(=O)/C=C/C=C/C(C)C(C(C)C(O)C(C)C3(O)CC(OC)C(C)C(C)O3)OC(=O)/C=C/C=C/C2C)CC1OC1CC(O)C(O)C(C)O1. The number of hydrogen-bond acceptors (Lipinski definition) is 15. The van der Waals surface area contributed by atoms with E-state index >= 15 is 0 Å². The van der Waals surface area contributed by atoms with Crippen molar-refractivity contribution in [1.29, 1.82) is 0 Å². The minimum atomic E-state index is -1.86. The van der Waals surface area contributed by atoms with E-state index in [9.17, 15) is 40.2 Å². The summed E-state index contributed by atoms with van der Waals surface area (Å²) in [6, 6.07) is 0. The van der Waals surface area contributed by atoms with Gasteiger partial charge >= 0.3 is 11.9 Å². The van der Waals surface area contributed by atoms with Crippen LogP contribution in [0, 0.1) is 47.3 Å². The zero-order valence-corrected chi connectivity index (χ0v) is 39.4. The van der Waals surface area contributed by atoms with E-state index in [4.69, 9.17) is 33.2 Å². The van der Waals surface area contributed by atoms with E-state index in [-0.39, 0.29) is 43.3 Å². The second kappa shape index (κ2) is 22.8. The standard InChI is InChI=1S/C48H78O15/c1-13-35-33(10)63-48(56,24-38(35)59-41-22-36(49)44(54)34(11)58-41)31(8)43(53)29(6)46-26(3)19-15-17-20-39(50)60-45(25(2)18-14-16-21-40(51)61-46)28(5)42(52)30(7)47(55)23-37(57-12)27(4)32(9)62-47/h14-21,25-38,41-46,49,52-56H,13,22-24H2,1-12H3/b18-14+,19-15+,20-17+,21-16+. The molecule has 0 radical (unpaired) electrons. The van der Waals surface area contributed by atoms with Gasteiger partial charge in [0, 0.05) is 85.9 Å². The summed E-state index contributed by atoms with van der Waals surface area (Å²) >= 11 is 0. The van der Waals surface area contributed by atoms with E-state index in [2.05, 4.69) is 0 Å². The molecule has 0 aromatic rings. The molecule has 0 aliphatic carbocycles. The van der Waals surface area contributed by atoms with Gasteiger partial charge in [0.05, 0.1) is 48.8 Å². The minimum absolute atomic E-state index is 0.0103. The lowest BCUT2D eigenvalue weighted by Crippen LogP contribution is -2.59. The normalized spacial score (nSPS) is 44.7. The maximum absolute atomic E-state index is 13.4. The van der Waals surface area contributed by atoms with E-state index in [0.717, 1.165) is 0 Å². The molecule has 15 nitrogen and oxygen atoms in total. The molecule has 22 atom stereocenters. The summed E-state index contributed by atoms with van der Waals surface area (Å²) < 4.78 is 42.2. The molecule has 4 heterocycles. The van der Waals surface area contributed by atoms with Crippen molar-refractivity contribution < 1.29 is 73.4 Å². The topological polar surface area (TPSA) is 220 Å². The van der Waals surface area contributed by atoms with E-state index < -0.39 is 120 Å². The second-order valence-electron chi connectivity index (χ2n) is 19.0. The van der Waals surface area contributed by atoms with Gasteiger partial charge < -0.3 is 63.8 Å². The van der Waals surface area contributed by atoms with Crippen LogP contribution in [0.1, 0.15) is 102 Å². The number of allylic oxidation sites excluding steroid dienone is 4. The van der Waals surface area contributed by atoms with E-state index in [1.807, 2.05) is 41.5 Å². The Morgan fingerprint density at radius 3 is 1.62 bits per heavy atom. The monoisotopic (exact) mass is 895 g/mol. The maximum atomic E-state index is 13.4. The molecule has 0 bridgehead atoms. The Kier molecular flexibility index (Phi) is 19.2. The highest BCUT2D eigenvalue weighted by atomic mass is 16.7. The fraction of sp³-hybridized carbons (Fsp3) is 0.792. The molecule has 63 heavy (non-hydrogen) atoms. The largest absolute Gasteiger partial charge is 0.458 e. The van der Waals surface area contributed by atoms with Crippen molar-refractivity contribution in [1.82, 2.24) is 0 Å². The molecule has 22 unspecified atom stereocenters. The van der Waals surface area contributed by atoms with Crippen LogP contribution in [0.5, 0.6) is 0 Å². The van der Waals surface area contributed by atoms with Gasteiger partial charge in [0.2, 0.25) is 0 Å². The molecule has 15 heteroatoms. The Morgan fingerprint density at radius 1 is 0.714 bits per heavy atom. The van der Waals surface area contributed by atoms with Crippen molar-refractivity contribution in [3.63, 3.8) is 0 Å². The minimum Gasteiger partial charge on any atom is -0.458 e. The van der Waals surface area contributed by atoms with Gasteiger partial charge in [0.15, 0.2) is 17.9 Å².